The molecule has 3 heterocycles. The van der Waals surface area contributed by atoms with E-state index < -0.39 is 22.3 Å². The number of alkyl halides is 2. The summed E-state index contributed by atoms with van der Waals surface area (Å²) in [4.78, 5) is 8.86. The third-order valence-electron chi connectivity index (χ3n) is 3.60. The molecule has 0 aromatic carbocycles. The molecule has 0 saturated carbocycles. The van der Waals surface area contributed by atoms with Gasteiger partial charge in [0.15, 0.2) is 0 Å². The lowest BCUT2D eigenvalue weighted by Gasteiger charge is -2.22. The van der Waals surface area contributed by atoms with Gasteiger partial charge in [-0.3, -0.25) is 0 Å². The zero-order chi connectivity index (χ0) is 20.3. The van der Waals surface area contributed by atoms with Gasteiger partial charge in [0.1, 0.15) is 15.7 Å². The second kappa shape index (κ2) is 8.27. The van der Waals surface area contributed by atoms with Crippen LogP contribution in [0, 0.1) is 6.92 Å². The van der Waals surface area contributed by atoms with Gasteiger partial charge in [-0.1, -0.05) is 13.0 Å². The Morgan fingerprint density at radius 3 is 2.71 bits per heavy atom. The van der Waals surface area contributed by atoms with Crippen molar-refractivity contribution in [3.63, 3.8) is 0 Å². The molecule has 0 saturated heterocycles. The molecular weight excluding hydrogens is 412 g/mol. The fourth-order valence-corrected chi connectivity index (χ4v) is 4.74. The lowest BCUT2D eigenvalue weighted by molar-refractivity contribution is 0.116. The van der Waals surface area contributed by atoms with E-state index >= 15 is 0 Å². The van der Waals surface area contributed by atoms with E-state index in [0.717, 1.165) is 11.3 Å². The second-order valence-corrected chi connectivity index (χ2v) is 8.95. The molecule has 0 spiro atoms. The molecule has 3 aromatic rings. The normalized spacial score (nSPS) is 11.9. The Hall–Kier alpha value is -2.47. The monoisotopic (exact) mass is 429 g/mol. The number of sulfonamides is 1. The topological polar surface area (TPSA) is 102 Å². The van der Waals surface area contributed by atoms with Crippen molar-refractivity contribution >= 4 is 27.2 Å². The van der Waals surface area contributed by atoms with Crippen molar-refractivity contribution in [2.75, 3.05) is 10.1 Å². The molecule has 12 heteroatoms. The minimum Gasteiger partial charge on any atom is -0.414 e. The summed E-state index contributed by atoms with van der Waals surface area (Å²) in [6.07, 6.45) is -1.03. The van der Waals surface area contributed by atoms with Crippen LogP contribution in [0.5, 0.6) is 0 Å². The molecule has 150 valence electrons. The number of aromatic nitrogens is 4. The summed E-state index contributed by atoms with van der Waals surface area (Å²) in [5.41, 5.74) is 0.680. The molecular formula is C16H17F2N5O3S2. The Morgan fingerprint density at radius 2 is 2.07 bits per heavy atom. The second-order valence-electron chi connectivity index (χ2n) is 5.82. The highest BCUT2D eigenvalue weighted by Crippen LogP contribution is 2.29. The van der Waals surface area contributed by atoms with Crippen molar-refractivity contribution in [2.45, 2.75) is 33.2 Å². The molecule has 0 atom stereocenters. The zero-order valence-corrected chi connectivity index (χ0v) is 16.7. The Morgan fingerprint density at radius 1 is 1.29 bits per heavy atom. The number of thiazole rings is 1. The number of rotatable bonds is 8. The van der Waals surface area contributed by atoms with E-state index in [-0.39, 0.29) is 18.2 Å². The molecule has 0 N–H and O–H groups in total. The molecule has 0 bridgehead atoms. The molecule has 3 aromatic heterocycles. The number of halogens is 2. The molecule has 28 heavy (non-hydrogen) atoms. The van der Waals surface area contributed by atoms with Crippen molar-refractivity contribution in [1.29, 1.82) is 0 Å². The van der Waals surface area contributed by atoms with E-state index in [4.69, 9.17) is 4.42 Å². The first-order chi connectivity index (χ1) is 13.3. The van der Waals surface area contributed by atoms with E-state index in [1.54, 1.807) is 32.0 Å². The number of aryl methyl sites for hydroxylation is 1. The maximum absolute atomic E-state index is 12.7. The van der Waals surface area contributed by atoms with Crippen molar-refractivity contribution in [2.24, 2.45) is 0 Å². The first kappa shape index (κ1) is 20.3. The summed E-state index contributed by atoms with van der Waals surface area (Å²) in [7, 11) is -3.62. The summed E-state index contributed by atoms with van der Waals surface area (Å²) >= 11 is 1.09. The highest BCUT2D eigenvalue weighted by molar-refractivity contribution is 7.92. The molecule has 0 radical (unpaired) electrons. The van der Waals surface area contributed by atoms with Crippen molar-refractivity contribution in [3.05, 3.63) is 41.0 Å². The minimum atomic E-state index is -3.62. The van der Waals surface area contributed by atoms with Crippen LogP contribution in [0.15, 0.2) is 28.8 Å². The molecule has 3 rings (SSSR count). The van der Waals surface area contributed by atoms with Crippen LogP contribution in [0.3, 0.4) is 0 Å². The van der Waals surface area contributed by atoms with Crippen LogP contribution in [0.4, 0.5) is 14.6 Å². The molecule has 0 amide bonds. The van der Waals surface area contributed by atoms with Crippen LogP contribution >= 0.6 is 11.3 Å². The molecule has 0 unspecified atom stereocenters. The van der Waals surface area contributed by atoms with Gasteiger partial charge in [-0.05, 0) is 25.5 Å². The van der Waals surface area contributed by atoms with Gasteiger partial charge in [-0.15, -0.1) is 21.5 Å². The van der Waals surface area contributed by atoms with Crippen molar-refractivity contribution in [3.8, 4) is 10.8 Å². The zero-order valence-electron chi connectivity index (χ0n) is 15.0. The van der Waals surface area contributed by atoms with Crippen LogP contribution in [0.25, 0.3) is 10.8 Å². The quantitative estimate of drug-likeness (QED) is 0.539. The lowest BCUT2D eigenvalue weighted by atomic mass is 10.4. The van der Waals surface area contributed by atoms with E-state index in [0.29, 0.717) is 27.8 Å². The molecule has 0 aliphatic rings. The maximum atomic E-state index is 12.7. The lowest BCUT2D eigenvalue weighted by Crippen LogP contribution is -2.33. The molecule has 0 aliphatic heterocycles. The predicted octanol–water partition coefficient (Wildman–Crippen LogP) is 3.58. The Kier molecular flexibility index (Phi) is 5.98. The number of hydrogen-bond donors (Lipinski definition) is 0. The van der Waals surface area contributed by atoms with E-state index in [2.05, 4.69) is 20.2 Å². The summed E-state index contributed by atoms with van der Waals surface area (Å²) in [6, 6.07) is 5.11. The average molecular weight is 429 g/mol. The van der Waals surface area contributed by atoms with Crippen molar-refractivity contribution < 1.29 is 21.6 Å². The average Bonchev–Trinajstić information content (AvgIpc) is 3.29. The number of hydrogen-bond acceptors (Lipinski definition) is 8. The van der Waals surface area contributed by atoms with Gasteiger partial charge in [-0.2, -0.15) is 8.78 Å². The van der Waals surface area contributed by atoms with Gasteiger partial charge in [0.25, 0.3) is 11.8 Å². The van der Waals surface area contributed by atoms with Crippen molar-refractivity contribution in [1.82, 2.24) is 20.2 Å². The minimum absolute atomic E-state index is 0.0394. The third kappa shape index (κ3) is 4.50. The van der Waals surface area contributed by atoms with Gasteiger partial charge in [0.2, 0.25) is 10.0 Å². The van der Waals surface area contributed by atoms with Gasteiger partial charge in [0.05, 0.1) is 18.5 Å². The Labute approximate surface area is 164 Å². The van der Waals surface area contributed by atoms with E-state index in [1.165, 1.54) is 10.5 Å². The van der Waals surface area contributed by atoms with Crippen LogP contribution in [0.1, 0.15) is 36.4 Å². The smallest absolute Gasteiger partial charge is 0.314 e. The summed E-state index contributed by atoms with van der Waals surface area (Å²) in [5, 5.41) is 7.30. The highest BCUT2D eigenvalue weighted by Gasteiger charge is 2.25. The van der Waals surface area contributed by atoms with Gasteiger partial charge in [0, 0.05) is 5.69 Å². The Balaban J connectivity index is 1.90. The van der Waals surface area contributed by atoms with Crippen LogP contribution in [0.2, 0.25) is 0 Å². The van der Waals surface area contributed by atoms with Crippen LogP contribution in [-0.4, -0.2) is 34.3 Å². The number of anilines is 1. The first-order valence-corrected chi connectivity index (χ1v) is 10.7. The predicted molar refractivity (Wildman–Crippen MR) is 99.6 cm³/mol. The van der Waals surface area contributed by atoms with Gasteiger partial charge < -0.3 is 4.42 Å². The molecule has 0 aliphatic carbocycles. The standard InChI is InChI=1S/C16H17F2N5O3S2/c1-3-7-28(24,25)23(12-6-4-5-10(2)20-12)9-13-19-8-11(27-13)15-21-22-16(26-15)14(17)18/h4-6,8,14H,3,7,9H2,1-2H3. The molecule has 8 nitrogen and oxygen atoms in total. The SMILES string of the molecule is CCCS(=O)(=O)N(Cc1ncc(-c2nnc(C(F)F)o2)s1)c1cccc(C)n1. The van der Waals surface area contributed by atoms with Gasteiger partial charge >= 0.3 is 6.43 Å². The van der Waals surface area contributed by atoms with Gasteiger partial charge in [-0.25, -0.2) is 22.7 Å². The number of nitrogens with zero attached hydrogens (tertiary/aromatic N) is 5. The van der Waals surface area contributed by atoms with E-state index in [9.17, 15) is 17.2 Å². The largest absolute Gasteiger partial charge is 0.414 e. The summed E-state index contributed by atoms with van der Waals surface area (Å²) < 4.78 is 56.8. The maximum Gasteiger partial charge on any atom is 0.314 e. The van der Waals surface area contributed by atoms with Crippen LogP contribution < -0.4 is 4.31 Å². The Bertz CT molecular complexity index is 1050. The summed E-state index contributed by atoms with van der Waals surface area (Å²) in [5.74, 6) is -0.609. The highest BCUT2D eigenvalue weighted by atomic mass is 32.2. The fourth-order valence-electron chi connectivity index (χ4n) is 2.38. The fraction of sp³-hybridized carbons (Fsp3) is 0.375. The van der Waals surface area contributed by atoms with E-state index in [1.807, 2.05) is 0 Å². The third-order valence-corrected chi connectivity index (χ3v) is 6.48. The van der Waals surface area contributed by atoms with Crippen LogP contribution in [-0.2, 0) is 16.6 Å². The number of pyridine rings is 1. The summed E-state index contributed by atoms with van der Waals surface area (Å²) in [6.45, 7) is 3.50. The first-order valence-electron chi connectivity index (χ1n) is 8.31. The molecule has 0 fully saturated rings.